The quantitative estimate of drug-likeness (QED) is 0.556. The normalized spacial score (nSPS) is 14.0. The molecule has 1 atom stereocenters. The van der Waals surface area contributed by atoms with Crippen LogP contribution in [0, 0.1) is 0 Å². The minimum atomic E-state index is -0.870. The Labute approximate surface area is 65.2 Å². The first kappa shape index (κ1) is 10.1. The monoisotopic (exact) mass is 164 g/mol. The van der Waals surface area contributed by atoms with Gasteiger partial charge in [0, 0.05) is 25.4 Å². The maximum atomic E-state index is 10.5. The Morgan fingerprint density at radius 3 is 2.40 bits per heavy atom. The molecule has 0 aromatic heterocycles. The molecule has 0 amide bonds. The summed E-state index contributed by atoms with van der Waals surface area (Å²) in [7, 11) is -0.870. The fraction of sp³-hybridized carbons (Fsp3) is 1.00. The molecular formula is C6H16N2OS. The lowest BCUT2D eigenvalue weighted by Crippen LogP contribution is -2.32. The van der Waals surface area contributed by atoms with Crippen LogP contribution in [0.3, 0.4) is 0 Å². The largest absolute Gasteiger partial charge is 0.313 e. The van der Waals surface area contributed by atoms with Crippen molar-refractivity contribution in [3.63, 3.8) is 0 Å². The molecule has 0 saturated carbocycles. The molecule has 0 heterocycles. The first-order valence-corrected chi connectivity index (χ1v) is 4.99. The van der Waals surface area contributed by atoms with Gasteiger partial charge in [-0.15, -0.1) is 0 Å². The molecule has 0 rings (SSSR count). The van der Waals surface area contributed by atoms with Crippen molar-refractivity contribution in [2.45, 2.75) is 19.9 Å². The molecule has 0 fully saturated rings. The van der Waals surface area contributed by atoms with Gasteiger partial charge >= 0.3 is 0 Å². The van der Waals surface area contributed by atoms with Crippen LogP contribution in [-0.2, 0) is 11.0 Å². The molecule has 1 unspecified atom stereocenters. The van der Waals surface area contributed by atoms with Crippen LogP contribution in [-0.4, -0.2) is 29.6 Å². The molecule has 0 spiro atoms. The lowest BCUT2D eigenvalue weighted by Gasteiger charge is -2.06. The minimum absolute atomic E-state index is 0.507. The zero-order valence-corrected chi connectivity index (χ0v) is 7.62. The van der Waals surface area contributed by atoms with Crippen LogP contribution in [0.4, 0.5) is 0 Å². The third-order valence-corrected chi connectivity index (χ3v) is 1.59. The average molecular weight is 164 g/mol. The van der Waals surface area contributed by atoms with Crippen LogP contribution >= 0.6 is 0 Å². The SMILES string of the molecule is CC(C)NCCNS(C)=O. The highest BCUT2D eigenvalue weighted by Gasteiger charge is 1.91. The van der Waals surface area contributed by atoms with E-state index in [0.717, 1.165) is 13.1 Å². The Bertz CT molecular complexity index is 106. The van der Waals surface area contributed by atoms with Gasteiger partial charge in [0.05, 0.1) is 11.0 Å². The highest BCUT2D eigenvalue weighted by Crippen LogP contribution is 1.73. The van der Waals surface area contributed by atoms with Gasteiger partial charge in [-0.1, -0.05) is 13.8 Å². The van der Waals surface area contributed by atoms with E-state index in [0.29, 0.717) is 6.04 Å². The molecule has 0 aliphatic rings. The van der Waals surface area contributed by atoms with Crippen LogP contribution in [0.1, 0.15) is 13.8 Å². The van der Waals surface area contributed by atoms with Gasteiger partial charge < -0.3 is 5.32 Å². The molecule has 10 heavy (non-hydrogen) atoms. The molecule has 0 bridgehead atoms. The van der Waals surface area contributed by atoms with E-state index in [1.807, 2.05) is 0 Å². The van der Waals surface area contributed by atoms with E-state index in [1.165, 1.54) is 0 Å². The molecule has 4 heteroatoms. The fourth-order valence-electron chi connectivity index (χ4n) is 0.556. The van der Waals surface area contributed by atoms with Gasteiger partial charge in [0.2, 0.25) is 0 Å². The van der Waals surface area contributed by atoms with E-state index in [9.17, 15) is 4.21 Å². The molecule has 0 aromatic rings. The van der Waals surface area contributed by atoms with Crippen molar-refractivity contribution in [1.29, 1.82) is 0 Å². The van der Waals surface area contributed by atoms with Crippen molar-refractivity contribution < 1.29 is 4.21 Å². The Morgan fingerprint density at radius 1 is 1.40 bits per heavy atom. The molecule has 62 valence electrons. The lowest BCUT2D eigenvalue weighted by atomic mass is 10.4. The second-order valence-electron chi connectivity index (χ2n) is 2.46. The van der Waals surface area contributed by atoms with Gasteiger partial charge in [0.25, 0.3) is 0 Å². The third-order valence-electron chi connectivity index (χ3n) is 0.983. The van der Waals surface area contributed by atoms with Gasteiger partial charge in [-0.05, 0) is 0 Å². The maximum Gasteiger partial charge on any atom is 0.0883 e. The van der Waals surface area contributed by atoms with Crippen molar-refractivity contribution in [2.24, 2.45) is 0 Å². The first-order chi connectivity index (χ1) is 4.63. The molecule has 0 saturated heterocycles. The number of nitrogens with one attached hydrogen (secondary N) is 2. The zero-order valence-electron chi connectivity index (χ0n) is 6.81. The Morgan fingerprint density at radius 2 is 2.00 bits per heavy atom. The summed E-state index contributed by atoms with van der Waals surface area (Å²) < 4.78 is 13.3. The molecule has 2 N–H and O–H groups in total. The Balaban J connectivity index is 2.98. The smallest absolute Gasteiger partial charge is 0.0883 e. The minimum Gasteiger partial charge on any atom is -0.313 e. The molecule has 0 aliphatic carbocycles. The van der Waals surface area contributed by atoms with Crippen molar-refractivity contribution in [2.75, 3.05) is 19.3 Å². The van der Waals surface area contributed by atoms with Gasteiger partial charge in [-0.3, -0.25) is 0 Å². The van der Waals surface area contributed by atoms with Crippen LogP contribution in [0.15, 0.2) is 0 Å². The van der Waals surface area contributed by atoms with Gasteiger partial charge in [-0.2, -0.15) is 0 Å². The van der Waals surface area contributed by atoms with Crippen molar-refractivity contribution in [3.8, 4) is 0 Å². The number of rotatable bonds is 5. The summed E-state index contributed by atoms with van der Waals surface area (Å²) in [4.78, 5) is 0. The van der Waals surface area contributed by atoms with E-state index in [4.69, 9.17) is 0 Å². The number of hydrogen-bond donors (Lipinski definition) is 2. The highest BCUT2D eigenvalue weighted by atomic mass is 32.2. The molecular weight excluding hydrogens is 148 g/mol. The molecule has 0 aromatic carbocycles. The maximum absolute atomic E-state index is 10.5. The van der Waals surface area contributed by atoms with Gasteiger partial charge in [-0.25, -0.2) is 8.93 Å². The Hall–Kier alpha value is 0.0700. The van der Waals surface area contributed by atoms with E-state index in [-0.39, 0.29) is 0 Å². The second-order valence-corrected chi connectivity index (χ2v) is 3.65. The summed E-state index contributed by atoms with van der Waals surface area (Å²) in [5.74, 6) is 0. The Kier molecular flexibility index (Phi) is 5.87. The van der Waals surface area contributed by atoms with Crippen molar-refractivity contribution >= 4 is 11.0 Å². The average Bonchev–Trinajstić information content (AvgIpc) is 1.79. The van der Waals surface area contributed by atoms with Crippen molar-refractivity contribution in [1.82, 2.24) is 10.0 Å². The molecule has 0 radical (unpaired) electrons. The fourth-order valence-corrected chi connectivity index (χ4v) is 0.945. The van der Waals surface area contributed by atoms with Crippen LogP contribution in [0.5, 0.6) is 0 Å². The van der Waals surface area contributed by atoms with Crippen LogP contribution in [0.2, 0.25) is 0 Å². The summed E-state index contributed by atoms with van der Waals surface area (Å²) in [5, 5.41) is 3.20. The number of hydrogen-bond acceptors (Lipinski definition) is 2. The van der Waals surface area contributed by atoms with Gasteiger partial charge in [0.15, 0.2) is 0 Å². The van der Waals surface area contributed by atoms with E-state index >= 15 is 0 Å². The standard InChI is InChI=1S/C6H16N2OS/c1-6(2)7-4-5-8-10(3)9/h6-8H,4-5H2,1-3H3. The summed E-state index contributed by atoms with van der Waals surface area (Å²) in [6, 6.07) is 0.507. The van der Waals surface area contributed by atoms with E-state index in [1.54, 1.807) is 6.26 Å². The first-order valence-electron chi connectivity index (χ1n) is 3.43. The predicted molar refractivity (Wildman–Crippen MR) is 45.2 cm³/mol. The summed E-state index contributed by atoms with van der Waals surface area (Å²) in [5.41, 5.74) is 0. The summed E-state index contributed by atoms with van der Waals surface area (Å²) in [6.45, 7) is 5.81. The molecule has 0 aliphatic heterocycles. The third kappa shape index (κ3) is 8.07. The predicted octanol–water partition coefficient (Wildman–Crippen LogP) is -0.133. The lowest BCUT2D eigenvalue weighted by molar-refractivity contribution is 0.585. The topological polar surface area (TPSA) is 41.1 Å². The van der Waals surface area contributed by atoms with Crippen LogP contribution < -0.4 is 10.0 Å². The summed E-state index contributed by atoms with van der Waals surface area (Å²) in [6.07, 6.45) is 1.63. The molecule has 3 nitrogen and oxygen atoms in total. The second kappa shape index (κ2) is 5.82. The van der Waals surface area contributed by atoms with Gasteiger partial charge in [0.1, 0.15) is 0 Å². The van der Waals surface area contributed by atoms with Crippen molar-refractivity contribution in [3.05, 3.63) is 0 Å². The van der Waals surface area contributed by atoms with E-state index in [2.05, 4.69) is 23.9 Å². The van der Waals surface area contributed by atoms with Crippen LogP contribution in [0.25, 0.3) is 0 Å². The zero-order chi connectivity index (χ0) is 7.98. The highest BCUT2D eigenvalue weighted by molar-refractivity contribution is 7.82. The summed E-state index contributed by atoms with van der Waals surface area (Å²) >= 11 is 0. The van der Waals surface area contributed by atoms with E-state index < -0.39 is 11.0 Å².